The van der Waals surface area contributed by atoms with Crippen molar-refractivity contribution in [1.82, 2.24) is 4.90 Å². The van der Waals surface area contributed by atoms with E-state index in [1.54, 1.807) is 30.3 Å². The standard InChI is InChI=1S/C18H19NO5/c20-15(12-6-2-1-3-7-12)11-24-16(21)10-19-17(22)13-8-4-5-9-14(13)18(19)23/h1-3,6-7,13-14H,4-5,8-11H2. The largest absolute Gasteiger partial charge is 0.456 e. The average Bonchev–Trinajstić information content (AvgIpc) is 2.86. The summed E-state index contributed by atoms with van der Waals surface area (Å²) in [6, 6.07) is 8.49. The van der Waals surface area contributed by atoms with Gasteiger partial charge in [0.05, 0.1) is 11.8 Å². The fourth-order valence-corrected chi connectivity index (χ4v) is 3.41. The molecule has 1 aliphatic carbocycles. The number of benzene rings is 1. The van der Waals surface area contributed by atoms with Crippen LogP contribution < -0.4 is 0 Å². The monoisotopic (exact) mass is 329 g/mol. The van der Waals surface area contributed by atoms with Crippen LogP contribution in [-0.2, 0) is 19.1 Å². The maximum atomic E-state index is 12.3. The van der Waals surface area contributed by atoms with Gasteiger partial charge < -0.3 is 4.74 Å². The summed E-state index contributed by atoms with van der Waals surface area (Å²) in [5, 5.41) is 0. The first-order valence-electron chi connectivity index (χ1n) is 8.17. The molecule has 6 heteroatoms. The Labute approximate surface area is 139 Å². The van der Waals surface area contributed by atoms with Gasteiger partial charge in [-0.15, -0.1) is 0 Å². The summed E-state index contributed by atoms with van der Waals surface area (Å²) in [7, 11) is 0. The lowest BCUT2D eigenvalue weighted by atomic mass is 9.81. The highest BCUT2D eigenvalue weighted by Gasteiger charge is 2.48. The normalized spacial score (nSPS) is 23.1. The quantitative estimate of drug-likeness (QED) is 0.465. The topological polar surface area (TPSA) is 80.8 Å². The van der Waals surface area contributed by atoms with Crippen LogP contribution in [0.1, 0.15) is 36.0 Å². The zero-order chi connectivity index (χ0) is 17.1. The molecular weight excluding hydrogens is 310 g/mol. The fourth-order valence-electron chi connectivity index (χ4n) is 3.41. The van der Waals surface area contributed by atoms with Crippen LogP contribution in [0.5, 0.6) is 0 Å². The van der Waals surface area contributed by atoms with E-state index in [4.69, 9.17) is 4.74 Å². The Morgan fingerprint density at radius 2 is 1.58 bits per heavy atom. The summed E-state index contributed by atoms with van der Waals surface area (Å²) in [4.78, 5) is 49.4. The highest BCUT2D eigenvalue weighted by molar-refractivity contribution is 6.07. The Morgan fingerprint density at radius 1 is 1.00 bits per heavy atom. The Bertz CT molecular complexity index is 645. The minimum atomic E-state index is -0.736. The van der Waals surface area contributed by atoms with Crippen LogP contribution in [0.25, 0.3) is 0 Å². The molecule has 0 bridgehead atoms. The molecule has 1 aliphatic heterocycles. The van der Waals surface area contributed by atoms with Crippen molar-refractivity contribution in [3.05, 3.63) is 35.9 Å². The molecule has 1 saturated carbocycles. The first kappa shape index (κ1) is 16.4. The van der Waals surface area contributed by atoms with Gasteiger partial charge in [0.1, 0.15) is 6.54 Å². The predicted octanol–water partition coefficient (Wildman–Crippen LogP) is 1.59. The van der Waals surface area contributed by atoms with Gasteiger partial charge in [0.2, 0.25) is 11.8 Å². The van der Waals surface area contributed by atoms with Crippen molar-refractivity contribution < 1.29 is 23.9 Å². The van der Waals surface area contributed by atoms with E-state index in [-0.39, 0.29) is 29.4 Å². The number of imide groups is 1. The molecule has 1 saturated heterocycles. The number of Topliss-reactive ketones (excluding diaryl/α,β-unsaturated/α-hetero) is 1. The van der Waals surface area contributed by atoms with Crippen molar-refractivity contribution in [2.75, 3.05) is 13.2 Å². The van der Waals surface area contributed by atoms with Gasteiger partial charge in [0.15, 0.2) is 12.4 Å². The predicted molar refractivity (Wildman–Crippen MR) is 83.9 cm³/mol. The van der Waals surface area contributed by atoms with E-state index in [1.165, 1.54) is 0 Å². The highest BCUT2D eigenvalue weighted by atomic mass is 16.5. The van der Waals surface area contributed by atoms with Crippen LogP contribution in [0.2, 0.25) is 0 Å². The van der Waals surface area contributed by atoms with Gasteiger partial charge in [-0.1, -0.05) is 43.2 Å². The summed E-state index contributed by atoms with van der Waals surface area (Å²) in [5.41, 5.74) is 0.449. The third-order valence-corrected chi connectivity index (χ3v) is 4.68. The molecule has 2 aliphatic rings. The Morgan fingerprint density at radius 3 is 2.17 bits per heavy atom. The van der Waals surface area contributed by atoms with Gasteiger partial charge >= 0.3 is 5.97 Å². The van der Waals surface area contributed by atoms with Crippen LogP contribution in [0.15, 0.2) is 30.3 Å². The number of esters is 1. The molecule has 2 amide bonds. The van der Waals surface area contributed by atoms with E-state index in [0.717, 1.165) is 17.7 Å². The van der Waals surface area contributed by atoms with Crippen LogP contribution in [0, 0.1) is 11.8 Å². The van der Waals surface area contributed by atoms with Crippen LogP contribution in [-0.4, -0.2) is 41.6 Å². The number of carbonyl (C=O) groups excluding carboxylic acids is 4. The van der Waals surface area contributed by atoms with Crippen molar-refractivity contribution in [1.29, 1.82) is 0 Å². The smallest absolute Gasteiger partial charge is 0.326 e. The fraction of sp³-hybridized carbons (Fsp3) is 0.444. The van der Waals surface area contributed by atoms with Crippen LogP contribution in [0.4, 0.5) is 0 Å². The number of fused-ring (bicyclic) bond motifs is 1. The molecule has 126 valence electrons. The Kier molecular flexibility index (Phi) is 4.74. The third kappa shape index (κ3) is 3.22. The van der Waals surface area contributed by atoms with Crippen LogP contribution in [0.3, 0.4) is 0 Å². The van der Waals surface area contributed by atoms with Crippen molar-refractivity contribution >= 4 is 23.6 Å². The molecule has 2 unspecified atom stereocenters. The number of amides is 2. The molecule has 0 radical (unpaired) electrons. The zero-order valence-electron chi connectivity index (χ0n) is 13.3. The molecule has 0 N–H and O–H groups in total. The molecule has 0 spiro atoms. The summed E-state index contributed by atoms with van der Waals surface area (Å²) in [5.74, 6) is -2.20. The molecule has 1 aromatic carbocycles. The highest BCUT2D eigenvalue weighted by Crippen LogP contribution is 2.37. The van der Waals surface area contributed by atoms with E-state index in [1.807, 2.05) is 0 Å². The average molecular weight is 329 g/mol. The van der Waals surface area contributed by atoms with E-state index >= 15 is 0 Å². The maximum absolute atomic E-state index is 12.3. The number of hydrogen-bond acceptors (Lipinski definition) is 5. The summed E-state index contributed by atoms with van der Waals surface area (Å²) < 4.78 is 4.94. The molecule has 1 heterocycles. The number of hydrogen-bond donors (Lipinski definition) is 0. The number of nitrogens with zero attached hydrogens (tertiary/aromatic N) is 1. The lowest BCUT2D eigenvalue weighted by Crippen LogP contribution is -2.37. The first-order chi connectivity index (χ1) is 11.6. The number of ether oxygens (including phenoxy) is 1. The van der Waals surface area contributed by atoms with Crippen molar-refractivity contribution in [3.8, 4) is 0 Å². The third-order valence-electron chi connectivity index (χ3n) is 4.68. The van der Waals surface area contributed by atoms with Gasteiger partial charge in [-0.2, -0.15) is 0 Å². The van der Waals surface area contributed by atoms with Gasteiger partial charge in [-0.3, -0.25) is 24.1 Å². The molecule has 6 nitrogen and oxygen atoms in total. The van der Waals surface area contributed by atoms with Gasteiger partial charge in [-0.05, 0) is 12.8 Å². The molecule has 24 heavy (non-hydrogen) atoms. The minimum Gasteiger partial charge on any atom is -0.456 e. The van der Waals surface area contributed by atoms with Gasteiger partial charge in [-0.25, -0.2) is 0 Å². The van der Waals surface area contributed by atoms with Crippen molar-refractivity contribution in [3.63, 3.8) is 0 Å². The second-order valence-corrected chi connectivity index (χ2v) is 6.21. The Balaban J connectivity index is 1.54. The van der Waals surface area contributed by atoms with E-state index in [0.29, 0.717) is 18.4 Å². The van der Waals surface area contributed by atoms with E-state index < -0.39 is 19.1 Å². The minimum absolute atomic E-state index is 0.281. The Hall–Kier alpha value is -2.50. The SMILES string of the molecule is O=C(CN1C(=O)C2CCCCC2C1=O)OCC(=O)c1ccccc1. The molecule has 3 rings (SSSR count). The number of rotatable bonds is 5. The molecule has 2 atom stereocenters. The second kappa shape index (κ2) is 6.95. The first-order valence-corrected chi connectivity index (χ1v) is 8.17. The van der Waals surface area contributed by atoms with Crippen molar-refractivity contribution in [2.24, 2.45) is 11.8 Å². The summed E-state index contributed by atoms with van der Waals surface area (Å²) >= 11 is 0. The zero-order valence-corrected chi connectivity index (χ0v) is 13.3. The number of ketones is 1. The van der Waals surface area contributed by atoms with E-state index in [9.17, 15) is 19.2 Å². The molecule has 2 fully saturated rings. The summed E-state index contributed by atoms with van der Waals surface area (Å²) in [6.45, 7) is -0.807. The maximum Gasteiger partial charge on any atom is 0.326 e. The number of likely N-dealkylation sites (tertiary alicyclic amines) is 1. The molecular formula is C18H19NO5. The van der Waals surface area contributed by atoms with E-state index in [2.05, 4.69) is 0 Å². The molecule has 1 aromatic rings. The van der Waals surface area contributed by atoms with Crippen LogP contribution >= 0.6 is 0 Å². The molecule has 0 aromatic heterocycles. The summed E-state index contributed by atoms with van der Waals surface area (Å²) in [6.07, 6.45) is 3.27. The lowest BCUT2D eigenvalue weighted by Gasteiger charge is -2.19. The lowest BCUT2D eigenvalue weighted by molar-refractivity contribution is -0.152. The van der Waals surface area contributed by atoms with Gasteiger partial charge in [0, 0.05) is 5.56 Å². The van der Waals surface area contributed by atoms with Gasteiger partial charge in [0.25, 0.3) is 0 Å². The number of carbonyl (C=O) groups is 4. The van der Waals surface area contributed by atoms with Crippen molar-refractivity contribution in [2.45, 2.75) is 25.7 Å². The second-order valence-electron chi connectivity index (χ2n) is 6.21.